The van der Waals surface area contributed by atoms with Crippen LogP contribution in [0.3, 0.4) is 0 Å². The monoisotopic (exact) mass is 496 g/mol. The molecule has 0 saturated heterocycles. The molecule has 0 radical (unpaired) electrons. The van der Waals surface area contributed by atoms with Crippen molar-refractivity contribution in [3.63, 3.8) is 0 Å². The molecule has 0 bridgehead atoms. The molecule has 1 aromatic carbocycles. The minimum Gasteiger partial charge on any atom is -0.349 e. The Bertz CT molecular complexity index is 1310. The van der Waals surface area contributed by atoms with Gasteiger partial charge in [0, 0.05) is 18.6 Å². The Hall–Kier alpha value is -3.36. The molecule has 0 aliphatic heterocycles. The van der Waals surface area contributed by atoms with Gasteiger partial charge >= 0.3 is 0 Å². The smallest absolute Gasteiger partial charge is 0.268 e. The lowest BCUT2D eigenvalue weighted by atomic mass is 9.79. The number of nitrogens with one attached hydrogen (secondary N) is 3. The van der Waals surface area contributed by atoms with Gasteiger partial charge in [-0.1, -0.05) is 47.5 Å². The van der Waals surface area contributed by atoms with Gasteiger partial charge in [-0.25, -0.2) is 9.97 Å². The maximum atomic E-state index is 13.3. The van der Waals surface area contributed by atoms with Crippen LogP contribution >= 0.6 is 23.2 Å². The summed E-state index contributed by atoms with van der Waals surface area (Å²) in [5.41, 5.74) is 3.36. The molecule has 1 aliphatic carbocycles. The number of amides is 2. The Morgan fingerprint density at radius 1 is 1.21 bits per heavy atom. The SMILES string of the molecule is O=C(N[C@H](C(=O)NCc1cn2cccnc2n1)[C@@H]1CCc2ccccc2C1)c1cc(Cl)c(Cl)[nH]1. The molecular formula is C24H22Cl2N6O2. The number of rotatable bonds is 6. The minimum atomic E-state index is -0.739. The summed E-state index contributed by atoms with van der Waals surface area (Å²) in [5.74, 6) is -0.222. The molecule has 5 rings (SSSR count). The van der Waals surface area contributed by atoms with E-state index in [-0.39, 0.29) is 34.2 Å². The van der Waals surface area contributed by atoms with E-state index in [1.807, 2.05) is 30.6 Å². The van der Waals surface area contributed by atoms with E-state index in [4.69, 9.17) is 23.2 Å². The van der Waals surface area contributed by atoms with Gasteiger partial charge < -0.3 is 15.6 Å². The molecule has 2 amide bonds. The zero-order chi connectivity index (χ0) is 23.7. The van der Waals surface area contributed by atoms with E-state index in [9.17, 15) is 9.59 Å². The van der Waals surface area contributed by atoms with Gasteiger partial charge in [0.25, 0.3) is 5.91 Å². The average molecular weight is 497 g/mol. The molecule has 8 nitrogen and oxygen atoms in total. The van der Waals surface area contributed by atoms with Gasteiger partial charge in [-0.15, -0.1) is 0 Å². The van der Waals surface area contributed by atoms with Crippen LogP contribution in [-0.2, 0) is 24.2 Å². The number of benzene rings is 1. The number of nitrogens with zero attached hydrogens (tertiary/aromatic N) is 3. The van der Waals surface area contributed by atoms with Crippen LogP contribution in [0.2, 0.25) is 10.2 Å². The lowest BCUT2D eigenvalue weighted by Gasteiger charge is -2.31. The van der Waals surface area contributed by atoms with E-state index >= 15 is 0 Å². The molecule has 4 aromatic rings. The van der Waals surface area contributed by atoms with Crippen molar-refractivity contribution in [2.45, 2.75) is 31.8 Å². The maximum Gasteiger partial charge on any atom is 0.268 e. The zero-order valence-electron chi connectivity index (χ0n) is 18.1. The van der Waals surface area contributed by atoms with Crippen molar-refractivity contribution in [2.24, 2.45) is 5.92 Å². The number of aromatic amines is 1. The quantitative estimate of drug-likeness (QED) is 0.379. The summed E-state index contributed by atoms with van der Waals surface area (Å²) in [5, 5.41) is 6.26. The molecule has 3 N–H and O–H groups in total. The van der Waals surface area contributed by atoms with Gasteiger partial charge in [0.05, 0.1) is 17.3 Å². The fourth-order valence-corrected chi connectivity index (χ4v) is 4.72. The van der Waals surface area contributed by atoms with E-state index in [2.05, 4.69) is 37.7 Å². The summed E-state index contributed by atoms with van der Waals surface area (Å²) in [6.07, 6.45) is 7.64. The van der Waals surface area contributed by atoms with Crippen molar-refractivity contribution in [1.82, 2.24) is 30.0 Å². The predicted molar refractivity (Wildman–Crippen MR) is 129 cm³/mol. The Morgan fingerprint density at radius 3 is 2.79 bits per heavy atom. The fourth-order valence-electron chi connectivity index (χ4n) is 4.41. The Kier molecular flexibility index (Phi) is 6.26. The number of imidazole rings is 1. The third-order valence-corrected chi connectivity index (χ3v) is 6.82. The van der Waals surface area contributed by atoms with E-state index < -0.39 is 11.9 Å². The molecule has 3 aromatic heterocycles. The lowest BCUT2D eigenvalue weighted by Crippen LogP contribution is -2.52. The van der Waals surface area contributed by atoms with Crippen LogP contribution in [-0.4, -0.2) is 37.2 Å². The number of aryl methyl sites for hydroxylation is 1. The highest BCUT2D eigenvalue weighted by atomic mass is 35.5. The Morgan fingerprint density at radius 2 is 2.03 bits per heavy atom. The number of carbonyl (C=O) groups is 2. The van der Waals surface area contributed by atoms with Gasteiger partial charge in [-0.2, -0.15) is 0 Å². The van der Waals surface area contributed by atoms with Gasteiger partial charge in [-0.3, -0.25) is 14.0 Å². The summed E-state index contributed by atoms with van der Waals surface area (Å²) in [6.45, 7) is 0.220. The fraction of sp³-hybridized carbons (Fsp3) is 0.250. The van der Waals surface area contributed by atoms with Crippen molar-refractivity contribution < 1.29 is 9.59 Å². The first kappa shape index (κ1) is 22.4. The normalized spacial score (nSPS) is 16.1. The molecule has 34 heavy (non-hydrogen) atoms. The summed E-state index contributed by atoms with van der Waals surface area (Å²) in [4.78, 5) is 37.7. The number of aromatic nitrogens is 4. The second kappa shape index (κ2) is 9.48. The third kappa shape index (κ3) is 4.64. The summed E-state index contributed by atoms with van der Waals surface area (Å²) < 4.78 is 1.79. The van der Waals surface area contributed by atoms with Gasteiger partial charge in [0.2, 0.25) is 11.7 Å². The summed E-state index contributed by atoms with van der Waals surface area (Å²) in [6, 6.07) is 10.7. The highest BCUT2D eigenvalue weighted by molar-refractivity contribution is 6.41. The van der Waals surface area contributed by atoms with Crippen molar-refractivity contribution in [3.05, 3.63) is 87.7 Å². The van der Waals surface area contributed by atoms with Crippen LogP contribution in [0.25, 0.3) is 5.78 Å². The van der Waals surface area contributed by atoms with Crippen molar-refractivity contribution >= 4 is 40.8 Å². The van der Waals surface area contributed by atoms with Crippen LogP contribution in [0.15, 0.2) is 55.0 Å². The first-order chi connectivity index (χ1) is 16.5. The summed E-state index contributed by atoms with van der Waals surface area (Å²) in [7, 11) is 0. The number of halogens is 2. The third-order valence-electron chi connectivity index (χ3n) is 6.12. The number of fused-ring (bicyclic) bond motifs is 2. The lowest BCUT2D eigenvalue weighted by molar-refractivity contribution is -0.124. The van der Waals surface area contributed by atoms with Crippen molar-refractivity contribution in [3.8, 4) is 0 Å². The van der Waals surface area contributed by atoms with Crippen LogP contribution in [0.5, 0.6) is 0 Å². The van der Waals surface area contributed by atoms with Gasteiger partial charge in [0.15, 0.2) is 0 Å². The van der Waals surface area contributed by atoms with Crippen molar-refractivity contribution in [1.29, 1.82) is 0 Å². The van der Waals surface area contributed by atoms with Crippen LogP contribution in [0.4, 0.5) is 0 Å². The molecule has 0 fully saturated rings. The standard InChI is InChI=1S/C24H22Cl2N6O2/c25-18-11-19(30-21(18)26)22(33)31-20(16-7-6-14-4-1-2-5-15(14)10-16)23(34)28-12-17-13-32-9-3-8-27-24(32)29-17/h1-5,8-9,11,13,16,20,30H,6-7,10,12H2,(H,28,34)(H,31,33)/t16-,20+/m1/s1. The number of carbonyl (C=O) groups excluding carboxylic acids is 2. The first-order valence-corrected chi connectivity index (χ1v) is 11.7. The molecule has 3 heterocycles. The predicted octanol–water partition coefficient (Wildman–Crippen LogP) is 3.58. The van der Waals surface area contributed by atoms with Gasteiger partial charge in [-0.05, 0) is 48.4 Å². The highest BCUT2D eigenvalue weighted by Crippen LogP contribution is 2.28. The van der Waals surface area contributed by atoms with E-state index in [0.29, 0.717) is 17.9 Å². The Balaban J connectivity index is 1.35. The first-order valence-electron chi connectivity index (χ1n) is 11.0. The molecule has 174 valence electrons. The molecule has 0 spiro atoms. The molecule has 2 atom stereocenters. The molecule has 0 unspecified atom stereocenters. The number of hydrogen-bond donors (Lipinski definition) is 3. The second-order valence-corrected chi connectivity index (χ2v) is 9.13. The number of hydrogen-bond acceptors (Lipinski definition) is 4. The number of H-pyrrole nitrogens is 1. The highest BCUT2D eigenvalue weighted by Gasteiger charge is 2.33. The molecule has 0 saturated carbocycles. The van der Waals surface area contributed by atoms with E-state index in [1.165, 1.54) is 17.2 Å². The van der Waals surface area contributed by atoms with Crippen molar-refractivity contribution in [2.75, 3.05) is 0 Å². The van der Waals surface area contributed by atoms with Gasteiger partial charge in [0.1, 0.15) is 16.9 Å². The summed E-state index contributed by atoms with van der Waals surface area (Å²) >= 11 is 12.0. The van der Waals surface area contributed by atoms with Crippen LogP contribution < -0.4 is 10.6 Å². The van der Waals surface area contributed by atoms with Crippen LogP contribution in [0.1, 0.15) is 33.7 Å². The zero-order valence-corrected chi connectivity index (χ0v) is 19.6. The largest absolute Gasteiger partial charge is 0.349 e. The van der Waals surface area contributed by atoms with E-state index in [0.717, 1.165) is 12.8 Å². The topological polar surface area (TPSA) is 104 Å². The molecular weight excluding hydrogens is 475 g/mol. The average Bonchev–Trinajstić information content (AvgIpc) is 3.43. The maximum absolute atomic E-state index is 13.3. The Labute approximate surface area is 205 Å². The minimum absolute atomic E-state index is 0.0671. The molecule has 10 heteroatoms. The van der Waals surface area contributed by atoms with Crippen LogP contribution in [0, 0.1) is 5.92 Å². The molecule has 1 aliphatic rings. The second-order valence-electron chi connectivity index (χ2n) is 8.34. The van der Waals surface area contributed by atoms with E-state index in [1.54, 1.807) is 10.6 Å².